The zero-order chi connectivity index (χ0) is 14.2. The maximum atomic E-state index is 13.9. The van der Waals surface area contributed by atoms with Crippen molar-refractivity contribution in [3.05, 3.63) is 70.0 Å². The average molecular weight is 265 g/mol. The van der Waals surface area contributed by atoms with Crippen molar-refractivity contribution in [2.24, 2.45) is 5.73 Å². The SMILES string of the molecule is Cc1cc(F)cc(C(N)c2ccc(C)c(F)c2F)c1. The molecule has 2 rings (SSSR count). The lowest BCUT2D eigenvalue weighted by molar-refractivity contribution is 0.489. The Morgan fingerprint density at radius 2 is 1.63 bits per heavy atom. The molecule has 0 spiro atoms. The Morgan fingerprint density at radius 3 is 2.26 bits per heavy atom. The van der Waals surface area contributed by atoms with E-state index in [9.17, 15) is 13.2 Å². The summed E-state index contributed by atoms with van der Waals surface area (Å²) in [4.78, 5) is 0. The van der Waals surface area contributed by atoms with Gasteiger partial charge in [0.25, 0.3) is 0 Å². The van der Waals surface area contributed by atoms with Crippen LogP contribution < -0.4 is 5.73 Å². The summed E-state index contributed by atoms with van der Waals surface area (Å²) >= 11 is 0. The zero-order valence-corrected chi connectivity index (χ0v) is 10.7. The van der Waals surface area contributed by atoms with E-state index in [1.165, 1.54) is 31.2 Å². The van der Waals surface area contributed by atoms with Crippen LogP contribution in [0.25, 0.3) is 0 Å². The molecular formula is C15H14F3N. The minimum atomic E-state index is -0.977. The lowest BCUT2D eigenvalue weighted by Gasteiger charge is -2.15. The van der Waals surface area contributed by atoms with Crippen LogP contribution in [0.5, 0.6) is 0 Å². The Hall–Kier alpha value is -1.81. The van der Waals surface area contributed by atoms with E-state index in [-0.39, 0.29) is 11.1 Å². The molecular weight excluding hydrogens is 251 g/mol. The van der Waals surface area contributed by atoms with E-state index in [1.807, 2.05) is 0 Å². The molecule has 4 heteroatoms. The molecule has 100 valence electrons. The van der Waals surface area contributed by atoms with Gasteiger partial charge in [0.1, 0.15) is 5.82 Å². The molecule has 0 saturated heterocycles. The van der Waals surface area contributed by atoms with E-state index in [1.54, 1.807) is 13.0 Å². The number of hydrogen-bond donors (Lipinski definition) is 1. The minimum Gasteiger partial charge on any atom is -0.320 e. The predicted octanol–water partition coefficient (Wildman–Crippen LogP) is 3.77. The Bertz CT molecular complexity index is 603. The highest BCUT2D eigenvalue weighted by molar-refractivity contribution is 5.36. The van der Waals surface area contributed by atoms with Gasteiger partial charge in [0.2, 0.25) is 0 Å². The molecule has 0 aliphatic carbocycles. The largest absolute Gasteiger partial charge is 0.320 e. The lowest BCUT2D eigenvalue weighted by Crippen LogP contribution is -2.15. The molecule has 2 aromatic carbocycles. The van der Waals surface area contributed by atoms with E-state index in [0.29, 0.717) is 11.1 Å². The molecule has 0 fully saturated rings. The maximum absolute atomic E-state index is 13.9. The fourth-order valence-corrected chi connectivity index (χ4v) is 2.02. The van der Waals surface area contributed by atoms with Gasteiger partial charge < -0.3 is 5.73 Å². The molecule has 0 amide bonds. The molecule has 0 aromatic heterocycles. The van der Waals surface area contributed by atoms with Crippen LogP contribution in [0, 0.1) is 31.3 Å². The van der Waals surface area contributed by atoms with E-state index in [4.69, 9.17) is 5.73 Å². The quantitative estimate of drug-likeness (QED) is 0.878. The summed E-state index contributed by atoms with van der Waals surface area (Å²) in [6.07, 6.45) is 0. The summed E-state index contributed by atoms with van der Waals surface area (Å²) in [6, 6.07) is 6.23. The van der Waals surface area contributed by atoms with E-state index < -0.39 is 23.5 Å². The number of hydrogen-bond acceptors (Lipinski definition) is 1. The van der Waals surface area contributed by atoms with Crippen LogP contribution in [0.2, 0.25) is 0 Å². The van der Waals surface area contributed by atoms with Crippen molar-refractivity contribution in [2.45, 2.75) is 19.9 Å². The molecule has 0 heterocycles. The van der Waals surface area contributed by atoms with Gasteiger partial charge in [0.05, 0.1) is 6.04 Å². The van der Waals surface area contributed by atoms with Crippen molar-refractivity contribution >= 4 is 0 Å². The van der Waals surface area contributed by atoms with Gasteiger partial charge in [0.15, 0.2) is 11.6 Å². The van der Waals surface area contributed by atoms with Crippen LogP contribution in [0.4, 0.5) is 13.2 Å². The summed E-state index contributed by atoms with van der Waals surface area (Å²) in [5.74, 6) is -2.34. The second-order valence-corrected chi connectivity index (χ2v) is 4.64. The third-order valence-corrected chi connectivity index (χ3v) is 3.06. The Kier molecular flexibility index (Phi) is 3.62. The summed E-state index contributed by atoms with van der Waals surface area (Å²) in [6.45, 7) is 3.19. The molecule has 1 atom stereocenters. The van der Waals surface area contributed by atoms with Gasteiger partial charge >= 0.3 is 0 Å². The van der Waals surface area contributed by atoms with Crippen LogP contribution in [-0.2, 0) is 0 Å². The Balaban J connectivity index is 2.50. The normalized spacial score (nSPS) is 12.5. The fourth-order valence-electron chi connectivity index (χ4n) is 2.02. The van der Waals surface area contributed by atoms with Crippen molar-refractivity contribution in [3.63, 3.8) is 0 Å². The van der Waals surface area contributed by atoms with Gasteiger partial charge in [-0.15, -0.1) is 0 Å². The highest BCUT2D eigenvalue weighted by Crippen LogP contribution is 2.26. The molecule has 0 aliphatic rings. The standard InChI is InChI=1S/C15H14F3N/c1-8-5-10(7-11(16)6-8)15(19)12-4-3-9(2)13(17)14(12)18/h3-7,15H,19H2,1-2H3. The molecule has 0 bridgehead atoms. The van der Waals surface area contributed by atoms with Crippen molar-refractivity contribution < 1.29 is 13.2 Å². The molecule has 0 radical (unpaired) electrons. The van der Waals surface area contributed by atoms with Gasteiger partial charge in [-0.3, -0.25) is 0 Å². The molecule has 1 nitrogen and oxygen atoms in total. The van der Waals surface area contributed by atoms with Gasteiger partial charge in [-0.2, -0.15) is 0 Å². The summed E-state index contributed by atoms with van der Waals surface area (Å²) in [5, 5.41) is 0. The zero-order valence-electron chi connectivity index (χ0n) is 10.7. The van der Waals surface area contributed by atoms with Crippen LogP contribution in [-0.4, -0.2) is 0 Å². The molecule has 0 aliphatic heterocycles. The number of rotatable bonds is 2. The summed E-state index contributed by atoms with van der Waals surface area (Å²) in [5.41, 5.74) is 7.23. The van der Waals surface area contributed by atoms with Gasteiger partial charge in [-0.25, -0.2) is 13.2 Å². The third kappa shape index (κ3) is 2.63. The molecule has 19 heavy (non-hydrogen) atoms. The van der Waals surface area contributed by atoms with E-state index in [2.05, 4.69) is 0 Å². The number of aryl methyl sites for hydroxylation is 2. The molecule has 0 saturated carbocycles. The first-order chi connectivity index (χ1) is 8.90. The smallest absolute Gasteiger partial charge is 0.164 e. The number of nitrogens with two attached hydrogens (primary N) is 1. The summed E-state index contributed by atoms with van der Waals surface area (Å²) in [7, 11) is 0. The first-order valence-electron chi connectivity index (χ1n) is 5.87. The first kappa shape index (κ1) is 13.6. The van der Waals surface area contributed by atoms with Gasteiger partial charge in [-0.1, -0.05) is 18.2 Å². The summed E-state index contributed by atoms with van der Waals surface area (Å²) < 4.78 is 40.7. The molecule has 1 unspecified atom stereocenters. The highest BCUT2D eigenvalue weighted by Gasteiger charge is 2.18. The van der Waals surface area contributed by atoms with E-state index >= 15 is 0 Å². The van der Waals surface area contributed by atoms with Crippen molar-refractivity contribution in [1.29, 1.82) is 0 Å². The Morgan fingerprint density at radius 1 is 0.947 bits per heavy atom. The van der Waals surface area contributed by atoms with Crippen LogP contribution in [0.15, 0.2) is 30.3 Å². The number of halogens is 3. The van der Waals surface area contributed by atoms with Crippen molar-refractivity contribution in [1.82, 2.24) is 0 Å². The lowest BCUT2D eigenvalue weighted by atomic mass is 9.96. The first-order valence-corrected chi connectivity index (χ1v) is 5.87. The minimum absolute atomic E-state index is 0.0214. The second-order valence-electron chi connectivity index (χ2n) is 4.64. The van der Waals surface area contributed by atoms with Gasteiger partial charge in [-0.05, 0) is 42.7 Å². The van der Waals surface area contributed by atoms with Crippen molar-refractivity contribution in [3.8, 4) is 0 Å². The van der Waals surface area contributed by atoms with E-state index in [0.717, 1.165) is 0 Å². The average Bonchev–Trinajstić information content (AvgIpc) is 2.34. The second kappa shape index (κ2) is 5.05. The molecule has 2 aromatic rings. The number of benzene rings is 2. The predicted molar refractivity (Wildman–Crippen MR) is 68.3 cm³/mol. The third-order valence-electron chi connectivity index (χ3n) is 3.06. The fraction of sp³-hybridized carbons (Fsp3) is 0.200. The monoisotopic (exact) mass is 265 g/mol. The highest BCUT2D eigenvalue weighted by atomic mass is 19.2. The maximum Gasteiger partial charge on any atom is 0.164 e. The van der Waals surface area contributed by atoms with Crippen LogP contribution in [0.3, 0.4) is 0 Å². The van der Waals surface area contributed by atoms with Gasteiger partial charge in [0, 0.05) is 5.56 Å². The molecule has 2 N–H and O–H groups in total. The van der Waals surface area contributed by atoms with Crippen molar-refractivity contribution in [2.75, 3.05) is 0 Å². The topological polar surface area (TPSA) is 26.0 Å². The Labute approximate surface area is 109 Å². The van der Waals surface area contributed by atoms with Crippen LogP contribution >= 0.6 is 0 Å². The van der Waals surface area contributed by atoms with Crippen LogP contribution in [0.1, 0.15) is 28.3 Å².